The van der Waals surface area contributed by atoms with Gasteiger partial charge in [-0.2, -0.15) is 0 Å². The first-order chi connectivity index (χ1) is 12.7. The SMILES string of the molecule is COC(=O)N1CC[C@@H](Nc2nccc(-c3ccc4ccccc4c3)n2)C1. The third-order valence-corrected chi connectivity index (χ3v) is 4.66. The Bertz CT molecular complexity index is 944. The number of ether oxygens (including phenoxy) is 1. The number of likely N-dealkylation sites (tertiary alicyclic amines) is 1. The van der Waals surface area contributed by atoms with Crippen molar-refractivity contribution in [2.75, 3.05) is 25.5 Å². The highest BCUT2D eigenvalue weighted by Gasteiger charge is 2.27. The molecular formula is C20H20N4O2. The van der Waals surface area contributed by atoms with Crippen LogP contribution in [0.1, 0.15) is 6.42 Å². The van der Waals surface area contributed by atoms with Crippen LogP contribution >= 0.6 is 0 Å². The molecule has 1 N–H and O–H groups in total. The minimum absolute atomic E-state index is 0.126. The molecule has 0 aliphatic carbocycles. The van der Waals surface area contributed by atoms with E-state index in [1.807, 2.05) is 18.2 Å². The summed E-state index contributed by atoms with van der Waals surface area (Å²) in [5, 5.41) is 5.71. The fraction of sp³-hybridized carbons (Fsp3) is 0.250. The van der Waals surface area contributed by atoms with Gasteiger partial charge in [-0.1, -0.05) is 36.4 Å². The van der Waals surface area contributed by atoms with E-state index in [1.54, 1.807) is 11.1 Å². The van der Waals surface area contributed by atoms with Gasteiger partial charge < -0.3 is 15.0 Å². The molecule has 1 fully saturated rings. The Balaban J connectivity index is 1.52. The summed E-state index contributed by atoms with van der Waals surface area (Å²) in [5.41, 5.74) is 1.92. The molecule has 0 radical (unpaired) electrons. The average molecular weight is 348 g/mol. The number of methoxy groups -OCH3 is 1. The van der Waals surface area contributed by atoms with E-state index in [4.69, 9.17) is 4.74 Å². The second-order valence-corrected chi connectivity index (χ2v) is 6.37. The molecular weight excluding hydrogens is 328 g/mol. The van der Waals surface area contributed by atoms with Crippen LogP contribution in [0.4, 0.5) is 10.7 Å². The second-order valence-electron chi connectivity index (χ2n) is 6.37. The van der Waals surface area contributed by atoms with Crippen molar-refractivity contribution in [3.63, 3.8) is 0 Å². The molecule has 1 aliphatic heterocycles. The quantitative estimate of drug-likeness (QED) is 0.784. The van der Waals surface area contributed by atoms with Gasteiger partial charge in [-0.15, -0.1) is 0 Å². The molecule has 2 heterocycles. The predicted octanol–water partition coefficient (Wildman–Crippen LogP) is 3.55. The van der Waals surface area contributed by atoms with Crippen molar-refractivity contribution in [3.8, 4) is 11.3 Å². The third-order valence-electron chi connectivity index (χ3n) is 4.66. The molecule has 26 heavy (non-hydrogen) atoms. The van der Waals surface area contributed by atoms with Gasteiger partial charge in [-0.25, -0.2) is 14.8 Å². The highest BCUT2D eigenvalue weighted by molar-refractivity contribution is 5.86. The highest BCUT2D eigenvalue weighted by atomic mass is 16.5. The van der Waals surface area contributed by atoms with Crippen LogP contribution in [0.15, 0.2) is 54.7 Å². The van der Waals surface area contributed by atoms with Gasteiger partial charge in [0.2, 0.25) is 5.95 Å². The van der Waals surface area contributed by atoms with E-state index in [1.165, 1.54) is 17.9 Å². The molecule has 6 nitrogen and oxygen atoms in total. The number of hydrogen-bond acceptors (Lipinski definition) is 5. The zero-order valence-corrected chi connectivity index (χ0v) is 14.6. The third kappa shape index (κ3) is 3.31. The number of nitrogens with zero attached hydrogens (tertiary/aromatic N) is 3. The summed E-state index contributed by atoms with van der Waals surface area (Å²) in [6.45, 7) is 1.27. The van der Waals surface area contributed by atoms with Crippen molar-refractivity contribution in [1.82, 2.24) is 14.9 Å². The minimum Gasteiger partial charge on any atom is -0.453 e. The molecule has 0 spiro atoms. The van der Waals surface area contributed by atoms with Crippen LogP contribution in [-0.2, 0) is 4.74 Å². The maximum atomic E-state index is 11.6. The first-order valence-corrected chi connectivity index (χ1v) is 8.64. The Morgan fingerprint density at radius 2 is 2.04 bits per heavy atom. The van der Waals surface area contributed by atoms with Crippen LogP contribution in [-0.4, -0.2) is 47.2 Å². The summed E-state index contributed by atoms with van der Waals surface area (Å²) >= 11 is 0. The van der Waals surface area contributed by atoms with E-state index in [0.717, 1.165) is 17.7 Å². The van der Waals surface area contributed by atoms with Crippen molar-refractivity contribution >= 4 is 22.8 Å². The summed E-state index contributed by atoms with van der Waals surface area (Å²) in [4.78, 5) is 22.3. The lowest BCUT2D eigenvalue weighted by Crippen LogP contribution is -2.31. The fourth-order valence-electron chi connectivity index (χ4n) is 3.29. The number of nitrogens with one attached hydrogen (secondary N) is 1. The first kappa shape index (κ1) is 16.3. The monoisotopic (exact) mass is 348 g/mol. The zero-order valence-electron chi connectivity index (χ0n) is 14.6. The van der Waals surface area contributed by atoms with Crippen LogP contribution in [0.2, 0.25) is 0 Å². The summed E-state index contributed by atoms with van der Waals surface area (Å²) < 4.78 is 4.77. The van der Waals surface area contributed by atoms with Gasteiger partial charge in [-0.3, -0.25) is 0 Å². The van der Waals surface area contributed by atoms with Crippen LogP contribution in [0.25, 0.3) is 22.0 Å². The number of anilines is 1. The van der Waals surface area contributed by atoms with Gasteiger partial charge in [0.15, 0.2) is 0 Å². The number of rotatable bonds is 3. The average Bonchev–Trinajstić information content (AvgIpc) is 3.15. The lowest BCUT2D eigenvalue weighted by Gasteiger charge is -2.15. The van der Waals surface area contributed by atoms with E-state index in [9.17, 15) is 4.79 Å². The van der Waals surface area contributed by atoms with Gasteiger partial charge in [0, 0.05) is 30.9 Å². The van der Waals surface area contributed by atoms with Gasteiger partial charge in [0.25, 0.3) is 0 Å². The zero-order chi connectivity index (χ0) is 17.9. The number of amides is 1. The van der Waals surface area contributed by atoms with Gasteiger partial charge >= 0.3 is 6.09 Å². The summed E-state index contributed by atoms with van der Waals surface area (Å²) in [7, 11) is 1.40. The number of fused-ring (bicyclic) bond motifs is 1. The van der Waals surface area contributed by atoms with Crippen molar-refractivity contribution in [2.45, 2.75) is 12.5 Å². The molecule has 2 aromatic carbocycles. The largest absolute Gasteiger partial charge is 0.453 e. The molecule has 1 amide bonds. The molecule has 1 aliphatic rings. The number of hydrogen-bond donors (Lipinski definition) is 1. The molecule has 1 aromatic heterocycles. The number of carbonyl (C=O) groups excluding carboxylic acids is 1. The maximum absolute atomic E-state index is 11.6. The Kier molecular flexibility index (Phi) is 4.39. The van der Waals surface area contributed by atoms with Crippen LogP contribution in [0.5, 0.6) is 0 Å². The first-order valence-electron chi connectivity index (χ1n) is 8.64. The second kappa shape index (κ2) is 7.00. The molecule has 0 bridgehead atoms. The van der Waals surface area contributed by atoms with Crippen molar-refractivity contribution < 1.29 is 9.53 Å². The number of aromatic nitrogens is 2. The van der Waals surface area contributed by atoms with E-state index in [-0.39, 0.29) is 12.1 Å². The molecule has 0 unspecified atom stereocenters. The minimum atomic E-state index is -0.292. The van der Waals surface area contributed by atoms with Gasteiger partial charge in [-0.05, 0) is 29.3 Å². The van der Waals surface area contributed by atoms with Crippen LogP contribution < -0.4 is 5.32 Å². The van der Waals surface area contributed by atoms with Crippen LogP contribution in [0, 0.1) is 0 Å². The molecule has 0 saturated carbocycles. The number of carbonyl (C=O) groups is 1. The van der Waals surface area contributed by atoms with Crippen molar-refractivity contribution in [2.24, 2.45) is 0 Å². The predicted molar refractivity (Wildman–Crippen MR) is 101 cm³/mol. The van der Waals surface area contributed by atoms with Crippen LogP contribution in [0.3, 0.4) is 0 Å². The Morgan fingerprint density at radius 3 is 2.88 bits per heavy atom. The Hall–Kier alpha value is -3.15. The normalized spacial score (nSPS) is 16.7. The number of benzene rings is 2. The topological polar surface area (TPSA) is 67.3 Å². The van der Waals surface area contributed by atoms with E-state index in [0.29, 0.717) is 19.0 Å². The maximum Gasteiger partial charge on any atom is 0.409 e. The Labute approximate surface area is 151 Å². The fourth-order valence-corrected chi connectivity index (χ4v) is 3.29. The van der Waals surface area contributed by atoms with Gasteiger partial charge in [0.1, 0.15) is 0 Å². The van der Waals surface area contributed by atoms with Gasteiger partial charge in [0.05, 0.1) is 12.8 Å². The molecule has 3 aromatic rings. The Morgan fingerprint density at radius 1 is 1.19 bits per heavy atom. The van der Waals surface area contributed by atoms with E-state index in [2.05, 4.69) is 45.6 Å². The standard InChI is InChI=1S/C20H20N4O2/c1-26-20(25)24-11-9-17(13-24)22-19-21-10-8-18(23-19)16-7-6-14-4-2-3-5-15(14)12-16/h2-8,10,12,17H,9,11,13H2,1H3,(H,21,22,23)/t17-/m1/s1. The molecule has 132 valence electrons. The highest BCUT2D eigenvalue weighted by Crippen LogP contribution is 2.24. The van der Waals surface area contributed by atoms with E-state index < -0.39 is 0 Å². The van der Waals surface area contributed by atoms with Crippen molar-refractivity contribution in [1.29, 1.82) is 0 Å². The lowest BCUT2D eigenvalue weighted by molar-refractivity contribution is 0.132. The summed E-state index contributed by atoms with van der Waals surface area (Å²) in [6, 6.07) is 16.6. The smallest absolute Gasteiger partial charge is 0.409 e. The summed E-state index contributed by atoms with van der Waals surface area (Å²) in [6.07, 6.45) is 2.31. The lowest BCUT2D eigenvalue weighted by atomic mass is 10.1. The van der Waals surface area contributed by atoms with Crippen molar-refractivity contribution in [3.05, 3.63) is 54.7 Å². The molecule has 4 rings (SSSR count). The summed E-state index contributed by atoms with van der Waals surface area (Å²) in [5.74, 6) is 0.576. The molecule has 1 atom stereocenters. The molecule has 6 heteroatoms. The van der Waals surface area contributed by atoms with E-state index >= 15 is 0 Å². The molecule has 1 saturated heterocycles.